The monoisotopic (exact) mass is 378 g/mol. The Bertz CT molecular complexity index is 265. The Morgan fingerprint density at radius 1 is 0.296 bits per heavy atom. The minimum atomic E-state index is 1.31. The fraction of sp³-hybridized carbons (Fsp3) is 0.926. The first-order valence-electron chi connectivity index (χ1n) is 13.1. The minimum Gasteiger partial charge on any atom is -0.0885 e. The number of hydrogen-bond acceptors (Lipinski definition) is 0. The van der Waals surface area contributed by atoms with Gasteiger partial charge in [-0.3, -0.25) is 0 Å². The van der Waals surface area contributed by atoms with E-state index in [9.17, 15) is 0 Å². The molecule has 0 aliphatic heterocycles. The summed E-state index contributed by atoms with van der Waals surface area (Å²) in [6.45, 7) is 4.60. The van der Waals surface area contributed by atoms with E-state index in [-0.39, 0.29) is 0 Å². The van der Waals surface area contributed by atoms with E-state index < -0.39 is 0 Å². The Morgan fingerprint density at radius 3 is 0.778 bits per heavy atom. The predicted octanol–water partition coefficient (Wildman–Crippen LogP) is 10.6. The molecule has 0 aliphatic rings. The quantitative estimate of drug-likeness (QED) is 0.122. The van der Waals surface area contributed by atoms with Gasteiger partial charge in [0.2, 0.25) is 0 Å². The summed E-state index contributed by atoms with van der Waals surface area (Å²) in [5, 5.41) is 0. The maximum absolute atomic E-state index is 2.45. The highest BCUT2D eigenvalue weighted by Crippen LogP contribution is 2.13. The third kappa shape index (κ3) is 25.7. The first-order chi connectivity index (χ1) is 13.4. The van der Waals surface area contributed by atoms with E-state index in [0.29, 0.717) is 0 Å². The molecule has 0 amide bonds. The number of unbranched alkanes of at least 4 members (excludes halogenated alkanes) is 21. The number of allylic oxidation sites excluding steroid dienone is 2. The van der Waals surface area contributed by atoms with E-state index in [1.807, 2.05) is 0 Å². The van der Waals surface area contributed by atoms with Gasteiger partial charge in [0.25, 0.3) is 0 Å². The molecule has 27 heavy (non-hydrogen) atoms. The second kappa shape index (κ2) is 25.7. The molecule has 0 bridgehead atoms. The average Bonchev–Trinajstić information content (AvgIpc) is 2.68. The van der Waals surface area contributed by atoms with Crippen LogP contribution in [0.1, 0.15) is 162 Å². The van der Waals surface area contributed by atoms with Crippen LogP contribution in [0.25, 0.3) is 0 Å². The van der Waals surface area contributed by atoms with Gasteiger partial charge in [-0.15, -0.1) is 0 Å². The largest absolute Gasteiger partial charge is 0.0885 e. The normalized spacial score (nSPS) is 11.6. The van der Waals surface area contributed by atoms with Crippen molar-refractivity contribution in [3.8, 4) is 0 Å². The molecule has 0 aromatic carbocycles. The Hall–Kier alpha value is -0.260. The van der Waals surface area contributed by atoms with Crippen molar-refractivity contribution in [3.63, 3.8) is 0 Å². The molecular formula is C27H54. The second-order valence-corrected chi connectivity index (χ2v) is 8.77. The van der Waals surface area contributed by atoms with Gasteiger partial charge in [-0.1, -0.05) is 148 Å². The van der Waals surface area contributed by atoms with Gasteiger partial charge in [0.05, 0.1) is 0 Å². The smallest absolute Gasteiger partial charge is 0.0351 e. The van der Waals surface area contributed by atoms with E-state index >= 15 is 0 Å². The van der Waals surface area contributed by atoms with Crippen LogP contribution in [0.4, 0.5) is 0 Å². The van der Waals surface area contributed by atoms with E-state index in [1.54, 1.807) is 0 Å². The van der Waals surface area contributed by atoms with Crippen molar-refractivity contribution in [1.29, 1.82) is 0 Å². The van der Waals surface area contributed by atoms with Crippen molar-refractivity contribution in [1.82, 2.24) is 0 Å². The number of hydrogen-bond donors (Lipinski definition) is 0. The van der Waals surface area contributed by atoms with Crippen LogP contribution in [0.5, 0.6) is 0 Å². The van der Waals surface area contributed by atoms with E-state index in [1.165, 1.54) is 148 Å². The summed E-state index contributed by atoms with van der Waals surface area (Å²) in [6.07, 6.45) is 37.9. The number of rotatable bonds is 23. The van der Waals surface area contributed by atoms with Crippen LogP contribution >= 0.6 is 0 Å². The van der Waals surface area contributed by atoms with Crippen molar-refractivity contribution in [2.75, 3.05) is 0 Å². The lowest BCUT2D eigenvalue weighted by molar-refractivity contribution is 0.544. The summed E-state index contributed by atoms with van der Waals surface area (Å²) in [7, 11) is 0. The molecule has 0 rings (SSSR count). The summed E-state index contributed by atoms with van der Waals surface area (Å²) in [5.74, 6) is 0. The lowest BCUT2D eigenvalue weighted by Crippen LogP contribution is -1.82. The molecular weight excluding hydrogens is 324 g/mol. The van der Waals surface area contributed by atoms with Crippen LogP contribution in [-0.2, 0) is 0 Å². The van der Waals surface area contributed by atoms with E-state index in [4.69, 9.17) is 0 Å². The van der Waals surface area contributed by atoms with Gasteiger partial charge in [0.15, 0.2) is 0 Å². The Labute approximate surface area is 174 Å². The molecule has 0 radical (unpaired) electrons. The van der Waals surface area contributed by atoms with Crippen LogP contribution < -0.4 is 0 Å². The minimum absolute atomic E-state index is 1.31. The van der Waals surface area contributed by atoms with Gasteiger partial charge in [0, 0.05) is 0 Å². The van der Waals surface area contributed by atoms with E-state index in [0.717, 1.165) is 0 Å². The standard InChI is InChI=1S/C27H54/c1-3-5-7-9-11-13-15-17-19-21-23-25-27-26-24-22-20-18-16-14-12-10-8-6-4-2/h23,25H,3-22,24,26-27H2,1-2H3/b25-23+. The zero-order chi connectivity index (χ0) is 19.7. The van der Waals surface area contributed by atoms with Crippen LogP contribution in [0, 0.1) is 0 Å². The zero-order valence-corrected chi connectivity index (χ0v) is 19.4. The average molecular weight is 379 g/mol. The molecule has 0 saturated carbocycles. The van der Waals surface area contributed by atoms with Crippen molar-refractivity contribution in [2.45, 2.75) is 162 Å². The highest BCUT2D eigenvalue weighted by Gasteiger charge is 1.93. The fourth-order valence-electron chi connectivity index (χ4n) is 3.91. The zero-order valence-electron chi connectivity index (χ0n) is 19.4. The molecule has 162 valence electrons. The predicted molar refractivity (Wildman–Crippen MR) is 127 cm³/mol. The highest BCUT2D eigenvalue weighted by atomic mass is 14.0. The molecule has 0 atom stereocenters. The summed E-state index contributed by atoms with van der Waals surface area (Å²) in [5.41, 5.74) is 0. The van der Waals surface area contributed by atoms with Crippen molar-refractivity contribution in [2.24, 2.45) is 0 Å². The van der Waals surface area contributed by atoms with Gasteiger partial charge < -0.3 is 0 Å². The molecule has 0 spiro atoms. The molecule has 0 saturated heterocycles. The molecule has 0 fully saturated rings. The van der Waals surface area contributed by atoms with Crippen LogP contribution in [0.3, 0.4) is 0 Å². The fourth-order valence-corrected chi connectivity index (χ4v) is 3.91. The lowest BCUT2D eigenvalue weighted by Gasteiger charge is -2.02. The topological polar surface area (TPSA) is 0 Å². The molecule has 0 N–H and O–H groups in total. The first kappa shape index (κ1) is 26.7. The first-order valence-corrected chi connectivity index (χ1v) is 13.1. The van der Waals surface area contributed by atoms with Gasteiger partial charge in [-0.2, -0.15) is 0 Å². The molecule has 0 aromatic heterocycles. The van der Waals surface area contributed by atoms with Crippen LogP contribution in [0.2, 0.25) is 0 Å². The molecule has 0 heterocycles. The van der Waals surface area contributed by atoms with Gasteiger partial charge >= 0.3 is 0 Å². The van der Waals surface area contributed by atoms with Gasteiger partial charge in [-0.05, 0) is 25.7 Å². The summed E-state index contributed by atoms with van der Waals surface area (Å²) in [6, 6.07) is 0. The van der Waals surface area contributed by atoms with E-state index in [2.05, 4.69) is 26.0 Å². The highest BCUT2D eigenvalue weighted by molar-refractivity contribution is 4.81. The molecule has 0 aliphatic carbocycles. The summed E-state index contributed by atoms with van der Waals surface area (Å²) >= 11 is 0. The third-order valence-electron chi connectivity index (χ3n) is 5.87. The Morgan fingerprint density at radius 2 is 0.519 bits per heavy atom. The Kier molecular flexibility index (Phi) is 25.5. The SMILES string of the molecule is CCCCCCCCCCC/C=C/CCCCCCCCCCCCCC. The summed E-state index contributed by atoms with van der Waals surface area (Å²) < 4.78 is 0. The molecule has 0 unspecified atom stereocenters. The van der Waals surface area contributed by atoms with Crippen LogP contribution in [0.15, 0.2) is 12.2 Å². The molecule has 0 heteroatoms. The van der Waals surface area contributed by atoms with Crippen LogP contribution in [-0.4, -0.2) is 0 Å². The molecule has 0 aromatic rings. The maximum atomic E-state index is 2.45. The van der Waals surface area contributed by atoms with Gasteiger partial charge in [-0.25, -0.2) is 0 Å². The second-order valence-electron chi connectivity index (χ2n) is 8.77. The van der Waals surface area contributed by atoms with Crippen molar-refractivity contribution in [3.05, 3.63) is 12.2 Å². The summed E-state index contributed by atoms with van der Waals surface area (Å²) in [4.78, 5) is 0. The van der Waals surface area contributed by atoms with Gasteiger partial charge in [0.1, 0.15) is 0 Å². The van der Waals surface area contributed by atoms with Crippen molar-refractivity contribution < 1.29 is 0 Å². The Balaban J connectivity index is 3.05. The lowest BCUT2D eigenvalue weighted by atomic mass is 10.0. The third-order valence-corrected chi connectivity index (χ3v) is 5.87. The molecule has 0 nitrogen and oxygen atoms in total. The maximum Gasteiger partial charge on any atom is -0.0351 e. The van der Waals surface area contributed by atoms with Crippen molar-refractivity contribution >= 4 is 0 Å².